The molecule has 0 saturated carbocycles. The van der Waals surface area contributed by atoms with Gasteiger partial charge in [0.2, 0.25) is 0 Å². The quantitative estimate of drug-likeness (QED) is 0.534. The first-order chi connectivity index (χ1) is 13.3. The first-order valence-corrected chi connectivity index (χ1v) is 9.19. The molecule has 0 aromatic heterocycles. The summed E-state index contributed by atoms with van der Waals surface area (Å²) in [5, 5.41) is 13.9. The van der Waals surface area contributed by atoms with Gasteiger partial charge in [-0.15, -0.1) is 0 Å². The van der Waals surface area contributed by atoms with Crippen LogP contribution in [0.4, 0.5) is 0 Å². The minimum Gasteiger partial charge on any atom is -0.508 e. The summed E-state index contributed by atoms with van der Waals surface area (Å²) in [6.07, 6.45) is 0. The lowest BCUT2D eigenvalue weighted by Gasteiger charge is -2.14. The molecule has 1 amide bonds. The van der Waals surface area contributed by atoms with E-state index in [9.17, 15) is 9.90 Å². The van der Waals surface area contributed by atoms with Crippen LogP contribution < -0.4 is 10.2 Å². The number of aryl methyl sites for hydroxylation is 1. The highest BCUT2D eigenvalue weighted by Gasteiger charge is 2.10. The van der Waals surface area contributed by atoms with Crippen LogP contribution >= 0.6 is 0 Å². The maximum absolute atomic E-state index is 12.1. The molecule has 28 heavy (non-hydrogen) atoms. The SMILES string of the molecule is COCc1cc(C(C)=NNC(=O)COc2cc(C)ccc2C(C)C)ccc1O. The van der Waals surface area contributed by atoms with E-state index in [2.05, 4.69) is 24.4 Å². The van der Waals surface area contributed by atoms with Gasteiger partial charge in [0.25, 0.3) is 5.91 Å². The van der Waals surface area contributed by atoms with Crippen molar-refractivity contribution >= 4 is 11.6 Å². The molecule has 2 N–H and O–H groups in total. The van der Waals surface area contributed by atoms with Crippen LogP contribution in [0.2, 0.25) is 0 Å². The molecule has 150 valence electrons. The Balaban J connectivity index is 2.00. The first-order valence-electron chi connectivity index (χ1n) is 9.19. The normalized spacial score (nSPS) is 11.6. The number of carbonyl (C=O) groups is 1. The molecule has 0 radical (unpaired) electrons. The number of hydrogen-bond acceptors (Lipinski definition) is 5. The van der Waals surface area contributed by atoms with Crippen molar-refractivity contribution in [3.05, 3.63) is 58.7 Å². The Morgan fingerprint density at radius 3 is 2.64 bits per heavy atom. The Bertz CT molecular complexity index is 860. The lowest BCUT2D eigenvalue weighted by Crippen LogP contribution is -2.26. The highest BCUT2D eigenvalue weighted by Crippen LogP contribution is 2.27. The molecule has 0 aliphatic heterocycles. The third-order valence-electron chi connectivity index (χ3n) is 4.30. The van der Waals surface area contributed by atoms with E-state index in [1.54, 1.807) is 32.2 Å². The Morgan fingerprint density at radius 2 is 1.96 bits per heavy atom. The van der Waals surface area contributed by atoms with Crippen LogP contribution in [-0.4, -0.2) is 30.4 Å². The molecule has 0 heterocycles. The zero-order chi connectivity index (χ0) is 20.7. The lowest BCUT2D eigenvalue weighted by molar-refractivity contribution is -0.123. The molecule has 2 aromatic carbocycles. The zero-order valence-electron chi connectivity index (χ0n) is 17.1. The molecule has 0 fully saturated rings. The molecule has 6 nitrogen and oxygen atoms in total. The number of hydrogen-bond donors (Lipinski definition) is 2. The molecule has 0 atom stereocenters. The van der Waals surface area contributed by atoms with E-state index in [0.29, 0.717) is 29.5 Å². The summed E-state index contributed by atoms with van der Waals surface area (Å²) in [6, 6.07) is 11.1. The lowest BCUT2D eigenvalue weighted by atomic mass is 10.0. The van der Waals surface area contributed by atoms with E-state index in [1.807, 2.05) is 25.1 Å². The van der Waals surface area contributed by atoms with Gasteiger partial charge in [-0.05, 0) is 60.7 Å². The summed E-state index contributed by atoms with van der Waals surface area (Å²) in [5.41, 5.74) is 6.71. The van der Waals surface area contributed by atoms with Crippen LogP contribution in [0, 0.1) is 6.92 Å². The maximum atomic E-state index is 12.1. The number of rotatable bonds is 8. The van der Waals surface area contributed by atoms with Crippen LogP contribution in [0.25, 0.3) is 0 Å². The highest BCUT2D eigenvalue weighted by molar-refractivity contribution is 5.99. The standard InChI is InChI=1S/C22H28N2O4/c1-14(2)19-8-6-15(3)10-21(19)28-13-22(26)24-23-16(4)17-7-9-20(25)18(11-17)12-27-5/h6-11,14,25H,12-13H2,1-5H3,(H,24,26). The van der Waals surface area contributed by atoms with Crippen molar-refractivity contribution in [3.63, 3.8) is 0 Å². The van der Waals surface area contributed by atoms with Gasteiger partial charge in [0, 0.05) is 12.7 Å². The minimum absolute atomic E-state index is 0.121. The van der Waals surface area contributed by atoms with Gasteiger partial charge in [0.15, 0.2) is 6.61 Å². The molecule has 6 heteroatoms. The minimum atomic E-state index is -0.341. The van der Waals surface area contributed by atoms with E-state index < -0.39 is 0 Å². The number of nitrogens with one attached hydrogen (secondary N) is 1. The number of hydrazone groups is 1. The number of nitrogens with zero attached hydrogens (tertiary/aromatic N) is 1. The van der Waals surface area contributed by atoms with Crippen molar-refractivity contribution in [1.29, 1.82) is 0 Å². The third-order valence-corrected chi connectivity index (χ3v) is 4.30. The Kier molecular flexibility index (Phi) is 7.58. The largest absolute Gasteiger partial charge is 0.508 e. The predicted octanol–water partition coefficient (Wildman–Crippen LogP) is 3.89. The van der Waals surface area contributed by atoms with Crippen molar-refractivity contribution in [3.8, 4) is 11.5 Å². The van der Waals surface area contributed by atoms with Crippen LogP contribution in [-0.2, 0) is 16.1 Å². The van der Waals surface area contributed by atoms with Crippen molar-refractivity contribution < 1.29 is 19.4 Å². The zero-order valence-corrected chi connectivity index (χ0v) is 17.1. The Morgan fingerprint density at radius 1 is 1.21 bits per heavy atom. The van der Waals surface area contributed by atoms with E-state index in [4.69, 9.17) is 9.47 Å². The van der Waals surface area contributed by atoms with Crippen LogP contribution in [0.5, 0.6) is 11.5 Å². The van der Waals surface area contributed by atoms with Gasteiger partial charge in [-0.3, -0.25) is 4.79 Å². The summed E-state index contributed by atoms with van der Waals surface area (Å²) < 4.78 is 10.8. The highest BCUT2D eigenvalue weighted by atomic mass is 16.5. The molecule has 0 spiro atoms. The second-order valence-corrected chi connectivity index (χ2v) is 6.99. The Hall–Kier alpha value is -2.86. The van der Waals surface area contributed by atoms with Gasteiger partial charge in [0.05, 0.1) is 12.3 Å². The van der Waals surface area contributed by atoms with Gasteiger partial charge in [0.1, 0.15) is 11.5 Å². The van der Waals surface area contributed by atoms with Crippen molar-refractivity contribution in [2.45, 2.75) is 40.2 Å². The fourth-order valence-corrected chi connectivity index (χ4v) is 2.71. The number of amides is 1. The smallest absolute Gasteiger partial charge is 0.277 e. The van der Waals surface area contributed by atoms with Gasteiger partial charge < -0.3 is 14.6 Å². The molecule has 0 aliphatic carbocycles. The number of aromatic hydroxyl groups is 1. The molecular weight excluding hydrogens is 356 g/mol. The maximum Gasteiger partial charge on any atom is 0.277 e. The molecule has 0 saturated heterocycles. The van der Waals surface area contributed by atoms with Gasteiger partial charge in [-0.1, -0.05) is 26.0 Å². The fourth-order valence-electron chi connectivity index (χ4n) is 2.71. The number of phenolic OH excluding ortho intramolecular Hbond substituents is 1. The number of phenols is 1. The fraction of sp³-hybridized carbons (Fsp3) is 0.364. The molecule has 2 aromatic rings. The summed E-state index contributed by atoms with van der Waals surface area (Å²) in [5.74, 6) is 0.838. The van der Waals surface area contributed by atoms with Crippen molar-refractivity contribution in [2.75, 3.05) is 13.7 Å². The van der Waals surface area contributed by atoms with Gasteiger partial charge >= 0.3 is 0 Å². The van der Waals surface area contributed by atoms with Crippen LogP contribution in [0.3, 0.4) is 0 Å². The number of ether oxygens (including phenoxy) is 2. The van der Waals surface area contributed by atoms with E-state index >= 15 is 0 Å². The van der Waals surface area contributed by atoms with Crippen LogP contribution in [0.15, 0.2) is 41.5 Å². The summed E-state index contributed by atoms with van der Waals surface area (Å²) >= 11 is 0. The third kappa shape index (κ3) is 5.82. The monoisotopic (exact) mass is 384 g/mol. The second-order valence-electron chi connectivity index (χ2n) is 6.99. The average molecular weight is 384 g/mol. The second kappa shape index (κ2) is 9.90. The molecular formula is C22H28N2O4. The summed E-state index contributed by atoms with van der Waals surface area (Å²) in [6.45, 7) is 8.11. The van der Waals surface area contributed by atoms with Gasteiger partial charge in [-0.25, -0.2) is 5.43 Å². The molecule has 0 aliphatic rings. The predicted molar refractivity (Wildman–Crippen MR) is 110 cm³/mol. The molecule has 2 rings (SSSR count). The van der Waals surface area contributed by atoms with Gasteiger partial charge in [-0.2, -0.15) is 5.10 Å². The Labute approximate surface area is 166 Å². The topological polar surface area (TPSA) is 80.2 Å². The van der Waals surface area contributed by atoms with E-state index in [-0.39, 0.29) is 18.3 Å². The number of methoxy groups -OCH3 is 1. The number of benzene rings is 2. The molecule has 0 bridgehead atoms. The summed E-state index contributed by atoms with van der Waals surface area (Å²) in [7, 11) is 1.56. The van der Waals surface area contributed by atoms with Crippen LogP contribution in [0.1, 0.15) is 48.9 Å². The van der Waals surface area contributed by atoms with E-state index in [1.165, 1.54) is 0 Å². The molecule has 0 unspecified atom stereocenters. The van der Waals surface area contributed by atoms with Crippen molar-refractivity contribution in [2.24, 2.45) is 5.10 Å². The average Bonchev–Trinajstić information content (AvgIpc) is 2.66. The first kappa shape index (κ1) is 21.4. The van der Waals surface area contributed by atoms with E-state index in [0.717, 1.165) is 16.7 Å². The van der Waals surface area contributed by atoms with Crippen molar-refractivity contribution in [1.82, 2.24) is 5.43 Å². The number of carbonyl (C=O) groups excluding carboxylic acids is 1. The summed E-state index contributed by atoms with van der Waals surface area (Å²) in [4.78, 5) is 12.1.